The molecule has 2 rings (SSSR count). The van der Waals surface area contributed by atoms with Crippen LogP contribution in [0.3, 0.4) is 0 Å². The summed E-state index contributed by atoms with van der Waals surface area (Å²) < 4.78 is 0.348. The van der Waals surface area contributed by atoms with Gasteiger partial charge in [-0.05, 0) is 38.5 Å². The highest BCUT2D eigenvalue weighted by Crippen LogP contribution is 2.42. The van der Waals surface area contributed by atoms with E-state index in [-0.39, 0.29) is 11.9 Å². The molecule has 1 unspecified atom stereocenters. The second kappa shape index (κ2) is 6.10. The molecule has 1 aliphatic heterocycles. The van der Waals surface area contributed by atoms with Gasteiger partial charge in [0.25, 0.3) is 0 Å². The van der Waals surface area contributed by atoms with Gasteiger partial charge in [-0.3, -0.25) is 4.79 Å². The van der Waals surface area contributed by atoms with Crippen LogP contribution in [0, 0.1) is 0 Å². The SMILES string of the molecule is CSC1(CNC(=O)C2CCCCCN2)CCC1. The average molecular weight is 256 g/mol. The van der Waals surface area contributed by atoms with Crippen molar-refractivity contribution in [2.24, 2.45) is 0 Å². The number of thioether (sulfide) groups is 1. The van der Waals surface area contributed by atoms with Crippen molar-refractivity contribution in [3.8, 4) is 0 Å². The Morgan fingerprint density at radius 2 is 2.18 bits per heavy atom. The summed E-state index contributed by atoms with van der Waals surface area (Å²) in [6.45, 7) is 1.84. The number of nitrogens with one attached hydrogen (secondary N) is 2. The molecule has 1 atom stereocenters. The zero-order valence-electron chi connectivity index (χ0n) is 10.8. The molecule has 0 spiro atoms. The van der Waals surface area contributed by atoms with Gasteiger partial charge in [-0.25, -0.2) is 0 Å². The van der Waals surface area contributed by atoms with Gasteiger partial charge in [0.1, 0.15) is 0 Å². The van der Waals surface area contributed by atoms with E-state index in [1.54, 1.807) is 0 Å². The van der Waals surface area contributed by atoms with Crippen LogP contribution in [0.15, 0.2) is 0 Å². The average Bonchev–Trinajstić information content (AvgIpc) is 2.56. The van der Waals surface area contributed by atoms with E-state index in [2.05, 4.69) is 16.9 Å². The maximum Gasteiger partial charge on any atom is 0.237 e. The minimum atomic E-state index is 0.0523. The lowest BCUT2D eigenvalue weighted by molar-refractivity contribution is -0.123. The Labute approximate surface area is 108 Å². The van der Waals surface area contributed by atoms with E-state index in [1.807, 2.05) is 11.8 Å². The van der Waals surface area contributed by atoms with Crippen molar-refractivity contribution in [1.82, 2.24) is 10.6 Å². The molecule has 0 aromatic heterocycles. The minimum Gasteiger partial charge on any atom is -0.353 e. The largest absolute Gasteiger partial charge is 0.353 e. The van der Waals surface area contributed by atoms with Crippen molar-refractivity contribution < 1.29 is 4.79 Å². The van der Waals surface area contributed by atoms with Crippen molar-refractivity contribution in [3.63, 3.8) is 0 Å². The first-order chi connectivity index (χ1) is 8.26. The van der Waals surface area contributed by atoms with Gasteiger partial charge in [-0.1, -0.05) is 19.3 Å². The fourth-order valence-electron chi connectivity index (χ4n) is 2.65. The van der Waals surface area contributed by atoms with Crippen molar-refractivity contribution in [2.75, 3.05) is 19.3 Å². The topological polar surface area (TPSA) is 41.1 Å². The van der Waals surface area contributed by atoms with E-state index < -0.39 is 0 Å². The summed E-state index contributed by atoms with van der Waals surface area (Å²) in [5.41, 5.74) is 0. The highest BCUT2D eigenvalue weighted by Gasteiger charge is 2.36. The summed E-state index contributed by atoms with van der Waals surface area (Å²) >= 11 is 1.92. The van der Waals surface area contributed by atoms with Gasteiger partial charge in [-0.2, -0.15) is 11.8 Å². The predicted octanol–water partition coefficient (Wildman–Crippen LogP) is 1.92. The van der Waals surface area contributed by atoms with Gasteiger partial charge in [-0.15, -0.1) is 0 Å². The quantitative estimate of drug-likeness (QED) is 0.807. The van der Waals surface area contributed by atoms with E-state index in [4.69, 9.17) is 0 Å². The van der Waals surface area contributed by atoms with Gasteiger partial charge in [0, 0.05) is 11.3 Å². The summed E-state index contributed by atoms with van der Waals surface area (Å²) in [5, 5.41) is 6.50. The molecule has 0 aromatic carbocycles. The van der Waals surface area contributed by atoms with Gasteiger partial charge in [0.15, 0.2) is 0 Å². The van der Waals surface area contributed by atoms with Crippen LogP contribution in [0.1, 0.15) is 44.9 Å². The highest BCUT2D eigenvalue weighted by molar-refractivity contribution is 8.00. The summed E-state index contributed by atoms with van der Waals surface area (Å²) in [6, 6.07) is 0.0523. The van der Waals surface area contributed by atoms with E-state index >= 15 is 0 Å². The lowest BCUT2D eigenvalue weighted by Gasteiger charge is -2.40. The van der Waals surface area contributed by atoms with Crippen LogP contribution in [0.2, 0.25) is 0 Å². The number of carbonyl (C=O) groups is 1. The van der Waals surface area contributed by atoms with Crippen LogP contribution in [-0.2, 0) is 4.79 Å². The third kappa shape index (κ3) is 3.38. The van der Waals surface area contributed by atoms with Gasteiger partial charge in [0.2, 0.25) is 5.91 Å². The molecule has 1 amide bonds. The lowest BCUT2D eigenvalue weighted by Crippen LogP contribution is -2.50. The molecule has 2 fully saturated rings. The zero-order valence-corrected chi connectivity index (χ0v) is 11.6. The Balaban J connectivity index is 1.75. The van der Waals surface area contributed by atoms with Crippen LogP contribution in [0.5, 0.6) is 0 Å². The molecule has 1 saturated carbocycles. The lowest BCUT2D eigenvalue weighted by atomic mass is 9.84. The van der Waals surface area contributed by atoms with E-state index in [9.17, 15) is 4.79 Å². The number of hydrogen-bond donors (Lipinski definition) is 2. The molecule has 17 heavy (non-hydrogen) atoms. The number of rotatable bonds is 4. The first-order valence-corrected chi connectivity index (χ1v) is 8.04. The smallest absolute Gasteiger partial charge is 0.237 e. The van der Waals surface area contributed by atoms with Gasteiger partial charge >= 0.3 is 0 Å². The Bertz CT molecular complexity index is 253. The van der Waals surface area contributed by atoms with E-state index in [0.717, 1.165) is 19.5 Å². The molecule has 0 radical (unpaired) electrons. The summed E-state index contributed by atoms with van der Waals surface area (Å²) in [5.74, 6) is 0.215. The molecule has 2 N–H and O–H groups in total. The zero-order chi connectivity index (χ0) is 12.1. The summed E-state index contributed by atoms with van der Waals surface area (Å²) in [6.07, 6.45) is 10.6. The Morgan fingerprint density at radius 3 is 2.82 bits per heavy atom. The Morgan fingerprint density at radius 1 is 1.35 bits per heavy atom. The number of carbonyl (C=O) groups excluding carboxylic acids is 1. The number of hydrogen-bond acceptors (Lipinski definition) is 3. The third-order valence-electron chi connectivity index (χ3n) is 4.16. The molecular weight excluding hydrogens is 232 g/mol. The molecule has 0 aromatic rings. The maximum atomic E-state index is 12.1. The van der Waals surface area contributed by atoms with E-state index in [1.165, 1.54) is 38.5 Å². The minimum absolute atomic E-state index is 0.0523. The third-order valence-corrected chi connectivity index (χ3v) is 5.58. The van der Waals surface area contributed by atoms with Gasteiger partial charge < -0.3 is 10.6 Å². The number of amides is 1. The van der Waals surface area contributed by atoms with E-state index in [0.29, 0.717) is 4.75 Å². The second-order valence-electron chi connectivity index (χ2n) is 5.31. The predicted molar refractivity (Wildman–Crippen MR) is 73.4 cm³/mol. The summed E-state index contributed by atoms with van der Waals surface area (Å²) in [7, 11) is 0. The van der Waals surface area contributed by atoms with Crippen LogP contribution < -0.4 is 10.6 Å². The van der Waals surface area contributed by atoms with Gasteiger partial charge in [0.05, 0.1) is 6.04 Å². The molecule has 3 nitrogen and oxygen atoms in total. The standard InChI is InChI=1S/C13H24N2OS/c1-17-13(7-5-8-13)10-15-12(16)11-6-3-2-4-9-14-11/h11,14H,2-10H2,1H3,(H,15,16). The molecule has 1 heterocycles. The van der Waals surface area contributed by atoms with Crippen LogP contribution in [-0.4, -0.2) is 36.0 Å². The van der Waals surface area contributed by atoms with Crippen LogP contribution in [0.25, 0.3) is 0 Å². The van der Waals surface area contributed by atoms with Crippen LogP contribution in [0.4, 0.5) is 0 Å². The Hall–Kier alpha value is -0.220. The van der Waals surface area contributed by atoms with Crippen molar-refractivity contribution in [1.29, 1.82) is 0 Å². The fourth-order valence-corrected chi connectivity index (χ4v) is 3.56. The normalized spacial score (nSPS) is 27.9. The molecule has 1 saturated heterocycles. The monoisotopic (exact) mass is 256 g/mol. The first kappa shape index (κ1) is 13.2. The van der Waals surface area contributed by atoms with Crippen molar-refractivity contribution in [3.05, 3.63) is 0 Å². The molecule has 0 bridgehead atoms. The molecule has 4 heteroatoms. The van der Waals surface area contributed by atoms with Crippen molar-refractivity contribution in [2.45, 2.75) is 55.7 Å². The second-order valence-corrected chi connectivity index (χ2v) is 6.59. The molecule has 98 valence electrons. The summed E-state index contributed by atoms with van der Waals surface area (Å²) in [4.78, 5) is 12.1. The maximum absolute atomic E-state index is 12.1. The molecule has 1 aliphatic carbocycles. The van der Waals surface area contributed by atoms with Crippen LogP contribution >= 0.6 is 11.8 Å². The highest BCUT2D eigenvalue weighted by atomic mass is 32.2. The molecule has 2 aliphatic rings. The van der Waals surface area contributed by atoms with Crippen molar-refractivity contribution >= 4 is 17.7 Å². The molecular formula is C13H24N2OS. The fraction of sp³-hybridized carbons (Fsp3) is 0.923. The first-order valence-electron chi connectivity index (χ1n) is 6.82. The Kier molecular flexibility index (Phi) is 4.74.